The maximum absolute atomic E-state index is 12.3. The molecule has 0 aliphatic carbocycles. The predicted octanol–water partition coefficient (Wildman–Crippen LogP) is 4.96. The van der Waals surface area contributed by atoms with Crippen molar-refractivity contribution in [3.05, 3.63) is 55.3 Å². The van der Waals surface area contributed by atoms with Gasteiger partial charge in [0.15, 0.2) is 0 Å². The number of carbonyl (C=O) groups excluding carboxylic acids is 1. The Hall–Kier alpha value is -4.64. The van der Waals surface area contributed by atoms with Gasteiger partial charge < -0.3 is 29.9 Å². The molecule has 0 fully saturated rings. The van der Waals surface area contributed by atoms with Crippen LogP contribution in [0.1, 0.15) is 19.9 Å². The summed E-state index contributed by atoms with van der Waals surface area (Å²) in [5.41, 5.74) is 5.48. The molecular formula is C30H38N8O3. The molecule has 1 amide bonds. The van der Waals surface area contributed by atoms with E-state index in [0.717, 1.165) is 41.1 Å². The van der Waals surface area contributed by atoms with Gasteiger partial charge in [-0.2, -0.15) is 4.98 Å². The lowest BCUT2D eigenvalue weighted by molar-refractivity contribution is -0.111. The Bertz CT molecular complexity index is 1550. The first-order valence-electron chi connectivity index (χ1n) is 13.3. The van der Waals surface area contributed by atoms with Gasteiger partial charge in [0.05, 0.1) is 48.0 Å². The van der Waals surface area contributed by atoms with Crippen LogP contribution in [0.25, 0.3) is 22.3 Å². The molecule has 0 radical (unpaired) electrons. The summed E-state index contributed by atoms with van der Waals surface area (Å²) in [6.07, 6.45) is 2.94. The fourth-order valence-electron chi connectivity index (χ4n) is 4.48. The molecule has 0 saturated heterocycles. The number of nitrogens with one attached hydrogen (secondary N) is 2. The molecule has 2 N–H and O–H groups in total. The Morgan fingerprint density at radius 1 is 1.05 bits per heavy atom. The lowest BCUT2D eigenvalue weighted by atomic mass is 10.1. The number of aromatic nitrogens is 4. The zero-order valence-corrected chi connectivity index (χ0v) is 24.7. The number of hydrogen-bond acceptors (Lipinski definition) is 9. The Balaban J connectivity index is 1.70. The highest BCUT2D eigenvalue weighted by atomic mass is 16.5. The third kappa shape index (κ3) is 6.58. The number of ether oxygens (including phenoxy) is 2. The second-order valence-corrected chi connectivity index (χ2v) is 10.1. The molecule has 4 rings (SSSR count). The first-order chi connectivity index (χ1) is 19.6. The van der Waals surface area contributed by atoms with E-state index in [4.69, 9.17) is 14.5 Å². The van der Waals surface area contributed by atoms with Crippen molar-refractivity contribution in [2.24, 2.45) is 0 Å². The van der Waals surface area contributed by atoms with Gasteiger partial charge in [-0.25, -0.2) is 9.97 Å². The van der Waals surface area contributed by atoms with E-state index < -0.39 is 0 Å². The summed E-state index contributed by atoms with van der Waals surface area (Å²) >= 11 is 0. The zero-order valence-electron chi connectivity index (χ0n) is 24.7. The fraction of sp³-hybridized carbons (Fsp3) is 0.333. The zero-order chi connectivity index (χ0) is 29.7. The maximum atomic E-state index is 12.3. The third-order valence-electron chi connectivity index (χ3n) is 6.61. The standard InChI is InChI=1S/C30H38N8O3/c1-9-28(39)32-23-17-24(27(40-7)18-25(23)37(6)15-14-36(4)5)34-29-31-13-12-21(33-29)20-10-11-22-26(16-20)38(19(2)3)30(35-22)41-8/h9-13,16-19H,1,14-15H2,2-8H3,(H,32,39)(H,31,33,34). The molecule has 2 aromatic heterocycles. The molecule has 0 aliphatic heterocycles. The van der Waals surface area contributed by atoms with Crippen LogP contribution in [0.15, 0.2) is 55.3 Å². The normalized spacial score (nSPS) is 11.1. The third-order valence-corrected chi connectivity index (χ3v) is 6.61. The average Bonchev–Trinajstić information content (AvgIpc) is 3.34. The Morgan fingerprint density at radius 2 is 1.83 bits per heavy atom. The quantitative estimate of drug-likeness (QED) is 0.233. The van der Waals surface area contributed by atoms with Gasteiger partial charge in [-0.1, -0.05) is 12.6 Å². The van der Waals surface area contributed by atoms with Crippen LogP contribution >= 0.6 is 0 Å². The van der Waals surface area contributed by atoms with Crippen LogP contribution < -0.4 is 25.0 Å². The molecule has 0 bridgehead atoms. The number of anilines is 4. The van der Waals surface area contributed by atoms with E-state index in [1.54, 1.807) is 20.4 Å². The van der Waals surface area contributed by atoms with Crippen LogP contribution in [0.5, 0.6) is 11.8 Å². The minimum absolute atomic E-state index is 0.168. The topological polar surface area (TPSA) is 110 Å². The van der Waals surface area contributed by atoms with E-state index in [-0.39, 0.29) is 11.9 Å². The highest BCUT2D eigenvalue weighted by molar-refractivity contribution is 6.02. The van der Waals surface area contributed by atoms with Crippen molar-refractivity contribution in [3.63, 3.8) is 0 Å². The van der Waals surface area contributed by atoms with E-state index in [9.17, 15) is 4.79 Å². The fourth-order valence-corrected chi connectivity index (χ4v) is 4.48. The lowest BCUT2D eigenvalue weighted by Crippen LogP contribution is -2.29. The minimum atomic E-state index is -0.311. The molecule has 0 aliphatic rings. The Morgan fingerprint density at radius 3 is 2.49 bits per heavy atom. The molecule has 11 nitrogen and oxygen atoms in total. The summed E-state index contributed by atoms with van der Waals surface area (Å²) in [5.74, 6) is 0.650. The van der Waals surface area contributed by atoms with Gasteiger partial charge in [-0.3, -0.25) is 9.36 Å². The number of imidazole rings is 1. The number of likely N-dealkylation sites (N-methyl/N-ethyl adjacent to an activating group) is 2. The first-order valence-corrected chi connectivity index (χ1v) is 13.3. The van der Waals surface area contributed by atoms with Crippen LogP contribution in [-0.2, 0) is 4.79 Å². The van der Waals surface area contributed by atoms with Crippen LogP contribution in [0.4, 0.5) is 23.0 Å². The molecular weight excluding hydrogens is 520 g/mol. The van der Waals surface area contributed by atoms with E-state index in [1.807, 2.05) is 51.5 Å². The second kappa shape index (κ2) is 12.7. The van der Waals surface area contributed by atoms with E-state index in [0.29, 0.717) is 29.1 Å². The highest BCUT2D eigenvalue weighted by Gasteiger charge is 2.18. The number of fused-ring (bicyclic) bond motifs is 1. The number of amides is 1. The van der Waals surface area contributed by atoms with E-state index in [2.05, 4.69) is 61.5 Å². The molecule has 0 atom stereocenters. The van der Waals surface area contributed by atoms with Gasteiger partial charge in [-0.15, -0.1) is 0 Å². The van der Waals surface area contributed by atoms with Crippen molar-refractivity contribution < 1.29 is 14.3 Å². The number of nitrogens with zero attached hydrogens (tertiary/aromatic N) is 6. The second-order valence-electron chi connectivity index (χ2n) is 10.1. The van der Waals surface area contributed by atoms with Gasteiger partial charge in [-0.05, 0) is 58.3 Å². The summed E-state index contributed by atoms with van der Waals surface area (Å²) < 4.78 is 13.3. The molecule has 0 saturated carbocycles. The lowest BCUT2D eigenvalue weighted by Gasteiger charge is -2.26. The number of rotatable bonds is 12. The van der Waals surface area contributed by atoms with Gasteiger partial charge >= 0.3 is 0 Å². The van der Waals surface area contributed by atoms with Crippen LogP contribution in [0.2, 0.25) is 0 Å². The van der Waals surface area contributed by atoms with Gasteiger partial charge in [0.1, 0.15) is 5.75 Å². The molecule has 41 heavy (non-hydrogen) atoms. The highest BCUT2D eigenvalue weighted by Crippen LogP contribution is 2.38. The van der Waals surface area contributed by atoms with Crippen LogP contribution in [0.3, 0.4) is 0 Å². The number of carbonyl (C=O) groups is 1. The molecule has 216 valence electrons. The van der Waals surface area contributed by atoms with Crippen molar-refractivity contribution in [1.29, 1.82) is 0 Å². The molecule has 0 unspecified atom stereocenters. The monoisotopic (exact) mass is 558 g/mol. The Labute approximate surface area is 240 Å². The molecule has 2 aromatic carbocycles. The summed E-state index contributed by atoms with van der Waals surface area (Å²) in [4.78, 5) is 30.3. The minimum Gasteiger partial charge on any atom is -0.494 e. The van der Waals surface area contributed by atoms with Crippen molar-refractivity contribution in [2.75, 3.05) is 64.0 Å². The van der Waals surface area contributed by atoms with Gasteiger partial charge in [0, 0.05) is 44.0 Å². The summed E-state index contributed by atoms with van der Waals surface area (Å²) in [7, 11) is 9.23. The summed E-state index contributed by atoms with van der Waals surface area (Å²) in [6, 6.07) is 12.3. The largest absolute Gasteiger partial charge is 0.494 e. The van der Waals surface area contributed by atoms with Crippen LogP contribution in [-0.4, -0.2) is 78.8 Å². The van der Waals surface area contributed by atoms with Gasteiger partial charge in [0.25, 0.3) is 6.01 Å². The first kappa shape index (κ1) is 29.3. The van der Waals surface area contributed by atoms with E-state index in [1.165, 1.54) is 6.08 Å². The SMILES string of the molecule is C=CC(=O)Nc1cc(Nc2nccc(-c3ccc4nc(OC)n(C(C)C)c4c3)n2)c(OC)cc1N(C)CCN(C)C. The molecule has 0 spiro atoms. The smallest absolute Gasteiger partial charge is 0.297 e. The van der Waals surface area contributed by atoms with Crippen LogP contribution in [0, 0.1) is 0 Å². The number of hydrogen-bond donors (Lipinski definition) is 2. The molecule has 4 aromatic rings. The van der Waals surface area contributed by atoms with Gasteiger partial charge in [0.2, 0.25) is 11.9 Å². The van der Waals surface area contributed by atoms with Crippen molar-refractivity contribution >= 4 is 40.0 Å². The van der Waals surface area contributed by atoms with E-state index >= 15 is 0 Å². The average molecular weight is 559 g/mol. The van der Waals surface area contributed by atoms with Crippen molar-refractivity contribution in [3.8, 4) is 23.0 Å². The summed E-state index contributed by atoms with van der Waals surface area (Å²) in [6.45, 7) is 9.35. The molecule has 2 heterocycles. The van der Waals surface area contributed by atoms with Crippen molar-refractivity contribution in [1.82, 2.24) is 24.4 Å². The Kier molecular flexibility index (Phi) is 9.08. The molecule has 11 heteroatoms. The van der Waals surface area contributed by atoms with Crippen molar-refractivity contribution in [2.45, 2.75) is 19.9 Å². The summed E-state index contributed by atoms with van der Waals surface area (Å²) in [5, 5.41) is 6.19. The number of benzene rings is 2. The maximum Gasteiger partial charge on any atom is 0.297 e. The number of methoxy groups -OCH3 is 2. The predicted molar refractivity (Wildman–Crippen MR) is 165 cm³/mol.